The van der Waals surface area contributed by atoms with Crippen molar-refractivity contribution in [1.82, 2.24) is 24.6 Å². The van der Waals surface area contributed by atoms with Crippen LogP contribution in [-0.4, -0.2) is 83.5 Å². The minimum absolute atomic E-state index is 0.201. The van der Waals surface area contributed by atoms with Crippen LogP contribution in [0.5, 0.6) is 0 Å². The van der Waals surface area contributed by atoms with Crippen molar-refractivity contribution in [2.24, 2.45) is 10.7 Å². The first kappa shape index (κ1) is 36.8. The van der Waals surface area contributed by atoms with E-state index in [1.807, 2.05) is 42.5 Å². The minimum Gasteiger partial charge on any atom is -0.444 e. The molecule has 2 aromatic heterocycles. The number of likely N-dealkylation sites (N-methyl/N-ethyl adjacent to an activating group) is 1. The fourth-order valence-electron chi connectivity index (χ4n) is 4.50. The summed E-state index contributed by atoms with van der Waals surface area (Å²) in [6.45, 7) is 15.6. The van der Waals surface area contributed by atoms with Gasteiger partial charge in [-0.2, -0.15) is 0 Å². The van der Waals surface area contributed by atoms with Gasteiger partial charge in [-0.1, -0.05) is 13.8 Å². The lowest BCUT2D eigenvalue weighted by Crippen LogP contribution is -2.49. The van der Waals surface area contributed by atoms with E-state index in [2.05, 4.69) is 41.8 Å². The number of amides is 1. The Morgan fingerprint density at radius 2 is 1.89 bits per heavy atom. The summed E-state index contributed by atoms with van der Waals surface area (Å²) >= 11 is 4.74. The number of allylic oxidation sites excluding steroid dienone is 1. The fourth-order valence-corrected chi connectivity index (χ4v) is 5.14. The molecule has 4 rings (SSSR count). The van der Waals surface area contributed by atoms with Gasteiger partial charge in [-0.25, -0.2) is 14.8 Å². The van der Waals surface area contributed by atoms with Crippen molar-refractivity contribution in [3.63, 3.8) is 0 Å². The average Bonchev–Trinajstić information content (AvgIpc) is 3.02. The standard InChI is InChI=1S/C30H42N9O3PS.C2H6/c1-20-27(34-24-8-7-23(16-25(24)43)39(44)37-14-12-36(5)13-15-37)35-26-9-6-21(19-38(26)28(20)40)22(17-31)18-32-10-11-33-29(41)42-30(2,3)4;1-2/h6-9,16-19,34,44H,10-15,31,43H2,1-5H3,(H,33,41);1-2H3/b22-17+,32-18?;. The molecule has 1 aliphatic heterocycles. The van der Waals surface area contributed by atoms with Gasteiger partial charge in [0, 0.05) is 68.2 Å². The second kappa shape index (κ2) is 16.8. The Bertz CT molecular complexity index is 1610. The van der Waals surface area contributed by atoms with Gasteiger partial charge in [-0.15, -0.1) is 9.24 Å². The van der Waals surface area contributed by atoms with Crippen molar-refractivity contribution in [3.8, 4) is 0 Å². The van der Waals surface area contributed by atoms with Gasteiger partial charge in [0.05, 0.1) is 17.8 Å². The third-order valence-electron chi connectivity index (χ3n) is 6.97. The summed E-state index contributed by atoms with van der Waals surface area (Å²) in [5.74, 6) is 0.481. The summed E-state index contributed by atoms with van der Waals surface area (Å²) in [5, 5.41) is 9.13. The van der Waals surface area contributed by atoms with Crippen molar-refractivity contribution in [2.45, 2.75) is 47.1 Å². The highest BCUT2D eigenvalue weighted by Gasteiger charge is 2.20. The van der Waals surface area contributed by atoms with E-state index in [-0.39, 0.29) is 5.56 Å². The largest absolute Gasteiger partial charge is 0.444 e. The number of piperazine rings is 1. The van der Waals surface area contributed by atoms with Gasteiger partial charge in [-0.3, -0.25) is 18.6 Å². The molecule has 3 heterocycles. The number of nitrogens with zero attached hydrogens (tertiary/aromatic N) is 6. The molecule has 0 spiro atoms. The highest BCUT2D eigenvalue weighted by atomic mass is 32.1. The van der Waals surface area contributed by atoms with Gasteiger partial charge in [0.2, 0.25) is 0 Å². The predicted octanol–water partition coefficient (Wildman–Crippen LogP) is 3.98. The number of hydrazine groups is 1. The molecular formula is C32H48N9O3PS. The van der Waals surface area contributed by atoms with Crippen LogP contribution in [0.25, 0.3) is 11.2 Å². The van der Waals surface area contributed by atoms with E-state index >= 15 is 0 Å². The van der Waals surface area contributed by atoms with Crippen LogP contribution in [0.15, 0.2) is 52.5 Å². The number of thiol groups is 1. The maximum Gasteiger partial charge on any atom is 0.407 e. The minimum atomic E-state index is -0.566. The van der Waals surface area contributed by atoms with Gasteiger partial charge in [-0.05, 0) is 83.2 Å². The summed E-state index contributed by atoms with van der Waals surface area (Å²) in [4.78, 5) is 36.6. The van der Waals surface area contributed by atoms with Crippen molar-refractivity contribution in [2.75, 3.05) is 56.0 Å². The van der Waals surface area contributed by atoms with E-state index in [9.17, 15) is 9.59 Å². The van der Waals surface area contributed by atoms with E-state index in [0.29, 0.717) is 41.3 Å². The molecule has 4 N–H and O–H groups in total. The first-order chi connectivity index (χ1) is 21.9. The highest BCUT2D eigenvalue weighted by Crippen LogP contribution is 2.25. The Kier molecular flexibility index (Phi) is 13.4. The molecule has 1 atom stereocenters. The molecule has 1 unspecified atom stereocenters. The number of alkyl carbamates (subject to hydrolysis) is 1. The predicted molar refractivity (Wildman–Crippen MR) is 197 cm³/mol. The number of hydrogen-bond acceptors (Lipinski definition) is 11. The van der Waals surface area contributed by atoms with E-state index in [1.165, 1.54) is 10.6 Å². The molecule has 1 amide bonds. The van der Waals surface area contributed by atoms with Crippen LogP contribution >= 0.6 is 22.1 Å². The van der Waals surface area contributed by atoms with Crippen molar-refractivity contribution in [1.29, 1.82) is 0 Å². The van der Waals surface area contributed by atoms with Gasteiger partial charge < -0.3 is 26.0 Å². The number of ether oxygens (including phenoxy) is 1. The maximum absolute atomic E-state index is 13.4. The average molecular weight is 670 g/mol. The molecular weight excluding hydrogens is 621 g/mol. The smallest absolute Gasteiger partial charge is 0.407 e. The molecule has 250 valence electrons. The zero-order valence-corrected chi connectivity index (χ0v) is 29.9. The van der Waals surface area contributed by atoms with Gasteiger partial charge in [0.25, 0.3) is 5.56 Å². The number of aromatic nitrogens is 2. The number of rotatable bonds is 9. The Morgan fingerprint density at radius 1 is 1.20 bits per heavy atom. The molecule has 3 aromatic rings. The second-order valence-corrected chi connectivity index (χ2v) is 12.6. The second-order valence-electron chi connectivity index (χ2n) is 11.6. The Hall–Kier alpha value is -3.64. The number of nitrogens with two attached hydrogens (primary N) is 1. The molecule has 1 aromatic carbocycles. The van der Waals surface area contributed by atoms with Crippen molar-refractivity contribution in [3.05, 3.63) is 64.2 Å². The number of anilines is 3. The van der Waals surface area contributed by atoms with Crippen molar-refractivity contribution >= 4 is 68.1 Å². The summed E-state index contributed by atoms with van der Waals surface area (Å²) in [6, 6.07) is 9.59. The molecule has 14 heteroatoms. The Morgan fingerprint density at radius 3 is 2.52 bits per heavy atom. The lowest BCUT2D eigenvalue weighted by atomic mass is 10.1. The van der Waals surface area contributed by atoms with Crippen LogP contribution in [0.3, 0.4) is 0 Å². The zero-order chi connectivity index (χ0) is 34.0. The lowest BCUT2D eigenvalue weighted by Gasteiger charge is -2.38. The fraction of sp³-hybridized carbons (Fsp3) is 0.438. The summed E-state index contributed by atoms with van der Waals surface area (Å²) in [5.41, 5.74) is 9.17. The number of carbonyl (C=O) groups excluding carboxylic acids is 1. The van der Waals surface area contributed by atoms with Crippen LogP contribution in [-0.2, 0) is 4.74 Å². The first-order valence-electron chi connectivity index (χ1n) is 15.4. The molecule has 0 bridgehead atoms. The zero-order valence-electron chi connectivity index (χ0n) is 27.9. The van der Waals surface area contributed by atoms with Crippen LogP contribution in [0.4, 0.5) is 22.0 Å². The first-order valence-corrected chi connectivity index (χ1v) is 16.3. The van der Waals surface area contributed by atoms with Crippen LogP contribution in [0.1, 0.15) is 45.7 Å². The number of nitrogens with one attached hydrogen (secondary N) is 2. The molecule has 1 saturated heterocycles. The monoisotopic (exact) mass is 669 g/mol. The number of benzene rings is 1. The summed E-state index contributed by atoms with van der Waals surface area (Å²) in [6.07, 6.45) is 4.23. The van der Waals surface area contributed by atoms with Gasteiger partial charge in [0.1, 0.15) is 17.1 Å². The third kappa shape index (κ3) is 9.93. The number of pyridine rings is 1. The Balaban J connectivity index is 0.00000282. The van der Waals surface area contributed by atoms with Crippen molar-refractivity contribution < 1.29 is 9.53 Å². The Labute approximate surface area is 279 Å². The third-order valence-corrected chi connectivity index (χ3v) is 7.93. The topological polar surface area (TPSA) is 133 Å². The van der Waals surface area contributed by atoms with E-state index in [1.54, 1.807) is 46.2 Å². The molecule has 46 heavy (non-hydrogen) atoms. The van der Waals surface area contributed by atoms with Gasteiger partial charge >= 0.3 is 6.09 Å². The maximum atomic E-state index is 13.4. The SMILES string of the molecule is CC.Cc1c(Nc2ccc(N(S)N3CCN(C)CC3)cc2P)nc2ccc(/C(C=NCCNC(=O)OC(C)(C)C)=C/N)cn2c1=O. The molecule has 1 aliphatic rings. The number of fused-ring (bicyclic) bond motifs is 1. The number of aliphatic imine (C=N–C) groups is 1. The molecule has 0 aliphatic carbocycles. The molecule has 0 saturated carbocycles. The van der Waals surface area contributed by atoms with Gasteiger partial charge in [0.15, 0.2) is 0 Å². The quantitative estimate of drug-likeness (QED) is 0.116. The molecule has 0 radical (unpaired) electrons. The normalized spacial score (nSPS) is 14.6. The van der Waals surface area contributed by atoms with E-state index in [0.717, 1.165) is 42.9 Å². The van der Waals surface area contributed by atoms with Crippen LogP contribution in [0.2, 0.25) is 0 Å². The number of carbonyl (C=O) groups is 1. The van der Waals surface area contributed by atoms with E-state index in [4.69, 9.17) is 28.3 Å². The molecule has 12 nitrogen and oxygen atoms in total. The summed E-state index contributed by atoms with van der Waals surface area (Å²) in [7, 11) is 4.87. The molecule has 1 fully saturated rings. The number of hydrogen-bond donors (Lipinski definition) is 4. The highest BCUT2D eigenvalue weighted by molar-refractivity contribution is 7.81. The summed E-state index contributed by atoms with van der Waals surface area (Å²) < 4.78 is 8.61. The van der Waals surface area contributed by atoms with Crippen LogP contribution < -0.4 is 31.6 Å². The van der Waals surface area contributed by atoms with Crippen LogP contribution in [0, 0.1) is 6.92 Å². The lowest BCUT2D eigenvalue weighted by molar-refractivity contribution is 0.0529. The van der Waals surface area contributed by atoms with E-state index < -0.39 is 11.7 Å².